The summed E-state index contributed by atoms with van der Waals surface area (Å²) in [5, 5.41) is 8.41. The van der Waals surface area contributed by atoms with Gasteiger partial charge >= 0.3 is 5.97 Å². The van der Waals surface area contributed by atoms with Gasteiger partial charge < -0.3 is 9.84 Å². The van der Waals surface area contributed by atoms with E-state index in [0.717, 1.165) is 18.8 Å². The molecule has 1 fully saturated rings. The molecule has 1 N–H and O–H groups in total. The van der Waals surface area contributed by atoms with Crippen LogP contribution in [0, 0.1) is 5.92 Å². The van der Waals surface area contributed by atoms with Crippen LogP contribution < -0.4 is 0 Å². The van der Waals surface area contributed by atoms with Crippen molar-refractivity contribution in [1.82, 2.24) is 0 Å². The quantitative estimate of drug-likeness (QED) is 0.731. The number of hydrogen-bond donors (Lipinski definition) is 1. The summed E-state index contributed by atoms with van der Waals surface area (Å²) in [5.74, 6) is 0.0449. The molecular weight excluding hydrogens is 168 g/mol. The summed E-state index contributed by atoms with van der Waals surface area (Å²) >= 11 is 0. The minimum absolute atomic E-state index is 0.131. The molecule has 1 rings (SSSR count). The van der Waals surface area contributed by atoms with E-state index < -0.39 is 5.97 Å². The van der Waals surface area contributed by atoms with E-state index in [4.69, 9.17) is 9.84 Å². The van der Waals surface area contributed by atoms with Gasteiger partial charge in [-0.25, -0.2) is 0 Å². The van der Waals surface area contributed by atoms with Crippen LogP contribution in [0.1, 0.15) is 39.0 Å². The van der Waals surface area contributed by atoms with Gasteiger partial charge in [0, 0.05) is 0 Å². The maximum Gasteiger partial charge on any atom is 0.305 e. The largest absolute Gasteiger partial charge is 0.481 e. The number of carbonyl (C=O) groups is 1. The van der Waals surface area contributed by atoms with Gasteiger partial charge in [0.1, 0.15) is 0 Å². The molecule has 1 aliphatic carbocycles. The Bertz CT molecular complexity index is 160. The molecule has 0 aromatic heterocycles. The highest BCUT2D eigenvalue weighted by molar-refractivity contribution is 5.66. The van der Waals surface area contributed by atoms with Gasteiger partial charge in [-0.15, -0.1) is 0 Å². The zero-order valence-corrected chi connectivity index (χ0v) is 8.16. The summed E-state index contributed by atoms with van der Waals surface area (Å²) in [6.07, 6.45) is 5.08. The molecule has 0 bridgehead atoms. The molecule has 0 aliphatic heterocycles. The second kappa shape index (κ2) is 5.22. The van der Waals surface area contributed by atoms with Crippen molar-refractivity contribution < 1.29 is 14.6 Å². The van der Waals surface area contributed by atoms with Crippen molar-refractivity contribution in [3.8, 4) is 0 Å². The van der Waals surface area contributed by atoms with Gasteiger partial charge in [-0.2, -0.15) is 0 Å². The first-order valence-corrected chi connectivity index (χ1v) is 5.02. The van der Waals surface area contributed by atoms with Crippen molar-refractivity contribution in [1.29, 1.82) is 0 Å². The van der Waals surface area contributed by atoms with E-state index in [2.05, 4.69) is 6.92 Å². The number of carboxylic acids is 1. The maximum atomic E-state index is 10.2. The van der Waals surface area contributed by atoms with Crippen LogP contribution in [0.3, 0.4) is 0 Å². The third-order valence-electron chi connectivity index (χ3n) is 2.63. The van der Waals surface area contributed by atoms with E-state index in [1.54, 1.807) is 0 Å². The van der Waals surface area contributed by atoms with E-state index in [1.807, 2.05) is 0 Å². The van der Waals surface area contributed by atoms with Crippen molar-refractivity contribution >= 4 is 5.97 Å². The van der Waals surface area contributed by atoms with E-state index in [9.17, 15) is 4.79 Å². The van der Waals surface area contributed by atoms with Crippen molar-refractivity contribution in [2.45, 2.75) is 45.1 Å². The first-order chi connectivity index (χ1) is 6.18. The number of carboxylic acid groups (broad SMARTS) is 1. The van der Waals surface area contributed by atoms with Crippen molar-refractivity contribution in [3.63, 3.8) is 0 Å². The third kappa shape index (κ3) is 4.27. The molecule has 1 saturated carbocycles. The summed E-state index contributed by atoms with van der Waals surface area (Å²) in [7, 11) is 0. The Kier molecular flexibility index (Phi) is 4.22. The molecule has 0 saturated heterocycles. The van der Waals surface area contributed by atoms with Gasteiger partial charge in [0.2, 0.25) is 0 Å². The summed E-state index contributed by atoms with van der Waals surface area (Å²) in [6, 6.07) is 0. The lowest BCUT2D eigenvalue weighted by atomic mass is 9.89. The molecule has 3 nitrogen and oxygen atoms in total. The van der Waals surface area contributed by atoms with Gasteiger partial charge in [-0.3, -0.25) is 4.79 Å². The van der Waals surface area contributed by atoms with Crippen LogP contribution in [0.25, 0.3) is 0 Å². The average molecular weight is 186 g/mol. The number of hydrogen-bond acceptors (Lipinski definition) is 2. The highest BCUT2D eigenvalue weighted by Gasteiger charge is 2.18. The lowest BCUT2D eigenvalue weighted by Gasteiger charge is -2.25. The van der Waals surface area contributed by atoms with Crippen LogP contribution in [0.5, 0.6) is 0 Å². The number of rotatable bonds is 4. The zero-order chi connectivity index (χ0) is 9.68. The Hall–Kier alpha value is -0.570. The van der Waals surface area contributed by atoms with E-state index in [0.29, 0.717) is 12.7 Å². The first kappa shape index (κ1) is 10.5. The summed E-state index contributed by atoms with van der Waals surface area (Å²) in [5.41, 5.74) is 0. The smallest absolute Gasteiger partial charge is 0.305 e. The van der Waals surface area contributed by atoms with Gasteiger partial charge in [-0.1, -0.05) is 6.92 Å². The minimum atomic E-state index is -0.774. The van der Waals surface area contributed by atoms with Crippen LogP contribution >= 0.6 is 0 Å². The van der Waals surface area contributed by atoms with Crippen LogP contribution in [0.15, 0.2) is 0 Å². The molecule has 0 unspecified atom stereocenters. The Morgan fingerprint density at radius 1 is 1.38 bits per heavy atom. The molecule has 0 spiro atoms. The fourth-order valence-corrected chi connectivity index (χ4v) is 1.71. The summed E-state index contributed by atoms with van der Waals surface area (Å²) in [6.45, 7) is 2.63. The van der Waals surface area contributed by atoms with Gasteiger partial charge in [0.25, 0.3) is 0 Å². The lowest BCUT2D eigenvalue weighted by molar-refractivity contribution is -0.138. The normalized spacial score (nSPS) is 28.7. The summed E-state index contributed by atoms with van der Waals surface area (Å²) < 4.78 is 5.46. The van der Waals surface area contributed by atoms with Crippen molar-refractivity contribution in [3.05, 3.63) is 0 Å². The number of aliphatic carboxylic acids is 1. The topological polar surface area (TPSA) is 46.5 Å². The number of ether oxygens (including phenoxy) is 1. The Balaban J connectivity index is 2.05. The van der Waals surface area contributed by atoms with Crippen molar-refractivity contribution in [2.24, 2.45) is 5.92 Å². The van der Waals surface area contributed by atoms with Gasteiger partial charge in [0.15, 0.2) is 0 Å². The molecule has 0 radical (unpaired) electrons. The Morgan fingerprint density at radius 2 is 2.00 bits per heavy atom. The van der Waals surface area contributed by atoms with Gasteiger partial charge in [0.05, 0.1) is 19.1 Å². The third-order valence-corrected chi connectivity index (χ3v) is 2.63. The molecular formula is C10H18O3. The average Bonchev–Trinajstić information content (AvgIpc) is 2.08. The highest BCUT2D eigenvalue weighted by Crippen LogP contribution is 2.25. The van der Waals surface area contributed by atoms with Crippen LogP contribution in [0.4, 0.5) is 0 Å². The van der Waals surface area contributed by atoms with E-state index >= 15 is 0 Å². The monoisotopic (exact) mass is 186 g/mol. The molecule has 0 amide bonds. The minimum Gasteiger partial charge on any atom is -0.481 e. The predicted molar refractivity (Wildman–Crippen MR) is 49.6 cm³/mol. The Morgan fingerprint density at radius 3 is 2.54 bits per heavy atom. The molecule has 0 atom stereocenters. The fourth-order valence-electron chi connectivity index (χ4n) is 1.71. The molecule has 76 valence electrons. The molecule has 0 heterocycles. The lowest BCUT2D eigenvalue weighted by Crippen LogP contribution is -2.21. The molecule has 0 aromatic carbocycles. The Labute approximate surface area is 79.1 Å². The SMILES string of the molecule is CC1CCC(OCCC(=O)O)CC1. The van der Waals surface area contributed by atoms with Crippen LogP contribution in [-0.4, -0.2) is 23.8 Å². The zero-order valence-electron chi connectivity index (χ0n) is 8.16. The first-order valence-electron chi connectivity index (χ1n) is 5.02. The van der Waals surface area contributed by atoms with Crippen LogP contribution in [-0.2, 0) is 9.53 Å². The van der Waals surface area contributed by atoms with Crippen molar-refractivity contribution in [2.75, 3.05) is 6.61 Å². The highest BCUT2D eigenvalue weighted by atomic mass is 16.5. The predicted octanol–water partition coefficient (Wildman–Crippen LogP) is 2.06. The fraction of sp³-hybridized carbons (Fsp3) is 0.900. The second-order valence-corrected chi connectivity index (χ2v) is 3.90. The van der Waals surface area contributed by atoms with E-state index in [-0.39, 0.29) is 6.42 Å². The molecule has 1 aliphatic rings. The molecule has 13 heavy (non-hydrogen) atoms. The standard InChI is InChI=1S/C10H18O3/c1-8-2-4-9(5-3-8)13-7-6-10(11)12/h8-9H,2-7H2,1H3,(H,11,12). The van der Waals surface area contributed by atoms with E-state index in [1.165, 1.54) is 12.8 Å². The maximum absolute atomic E-state index is 10.2. The second-order valence-electron chi connectivity index (χ2n) is 3.90. The van der Waals surface area contributed by atoms with Crippen LogP contribution in [0.2, 0.25) is 0 Å². The molecule has 0 aromatic rings. The molecule has 3 heteroatoms. The van der Waals surface area contributed by atoms with Gasteiger partial charge in [-0.05, 0) is 31.6 Å². The summed E-state index contributed by atoms with van der Waals surface area (Å²) in [4.78, 5) is 10.2.